The third-order valence-corrected chi connectivity index (χ3v) is 3.13. The molecule has 0 saturated heterocycles. The molecule has 0 amide bonds. The Kier molecular flexibility index (Phi) is 3.21. The minimum atomic E-state index is -0.327. The molecule has 0 unspecified atom stereocenters. The molecule has 0 radical (unpaired) electrons. The maximum atomic E-state index is 12.2. The van der Waals surface area contributed by atoms with Crippen LogP contribution in [0.5, 0.6) is 0 Å². The molecule has 2 aromatic heterocycles. The van der Waals surface area contributed by atoms with Crippen LogP contribution in [-0.4, -0.2) is 25.7 Å². The Morgan fingerprint density at radius 1 is 1.21 bits per heavy atom. The summed E-state index contributed by atoms with van der Waals surface area (Å²) in [6.45, 7) is 4.57. The van der Waals surface area contributed by atoms with Crippen molar-refractivity contribution in [1.82, 2.24) is 18.7 Å². The van der Waals surface area contributed by atoms with Gasteiger partial charge in [-0.1, -0.05) is 13.8 Å². The van der Waals surface area contributed by atoms with Gasteiger partial charge in [0.1, 0.15) is 0 Å². The van der Waals surface area contributed by atoms with Gasteiger partial charge in [0.25, 0.3) is 5.56 Å². The van der Waals surface area contributed by atoms with Crippen molar-refractivity contribution < 1.29 is 0 Å². The first kappa shape index (κ1) is 13.4. The number of fused-ring (bicyclic) bond motifs is 1. The van der Waals surface area contributed by atoms with E-state index in [0.717, 1.165) is 4.57 Å². The maximum absolute atomic E-state index is 12.2. The number of nitrogens with one attached hydrogen (secondary N) is 1. The number of imidazole rings is 1. The summed E-state index contributed by atoms with van der Waals surface area (Å²) in [6.07, 6.45) is 0. The lowest BCUT2D eigenvalue weighted by Gasteiger charge is -2.10. The van der Waals surface area contributed by atoms with E-state index < -0.39 is 0 Å². The van der Waals surface area contributed by atoms with E-state index in [1.165, 1.54) is 7.05 Å². The predicted octanol–water partition coefficient (Wildman–Crippen LogP) is 0.131. The van der Waals surface area contributed by atoms with E-state index in [0.29, 0.717) is 29.6 Å². The van der Waals surface area contributed by atoms with Crippen LogP contribution in [0.4, 0.5) is 5.95 Å². The largest absolute Gasteiger partial charge is 0.359 e. The molecule has 1 N–H and O–H groups in total. The molecule has 19 heavy (non-hydrogen) atoms. The molecule has 2 aromatic rings. The molecule has 7 nitrogen and oxygen atoms in total. The maximum Gasteiger partial charge on any atom is 0.332 e. The van der Waals surface area contributed by atoms with E-state index in [-0.39, 0.29) is 11.2 Å². The lowest BCUT2D eigenvalue weighted by molar-refractivity contribution is 0.500. The predicted molar refractivity (Wildman–Crippen MR) is 74.6 cm³/mol. The highest BCUT2D eigenvalue weighted by molar-refractivity contribution is 5.74. The highest BCUT2D eigenvalue weighted by Gasteiger charge is 2.18. The van der Waals surface area contributed by atoms with Gasteiger partial charge in [0.2, 0.25) is 5.95 Å². The van der Waals surface area contributed by atoms with Crippen LogP contribution in [0.15, 0.2) is 9.59 Å². The minimum Gasteiger partial charge on any atom is -0.359 e. The molecular weight excluding hydrogens is 246 g/mol. The summed E-state index contributed by atoms with van der Waals surface area (Å²) in [6, 6.07) is 0. The van der Waals surface area contributed by atoms with Gasteiger partial charge in [-0.3, -0.25) is 13.9 Å². The Morgan fingerprint density at radius 2 is 1.84 bits per heavy atom. The van der Waals surface area contributed by atoms with Gasteiger partial charge in [-0.2, -0.15) is 4.98 Å². The molecule has 0 saturated carbocycles. The van der Waals surface area contributed by atoms with Crippen LogP contribution in [0.1, 0.15) is 13.8 Å². The van der Waals surface area contributed by atoms with Crippen molar-refractivity contribution in [2.75, 3.05) is 12.4 Å². The van der Waals surface area contributed by atoms with Crippen molar-refractivity contribution in [1.29, 1.82) is 0 Å². The average Bonchev–Trinajstić information content (AvgIpc) is 2.69. The number of hydrogen-bond acceptors (Lipinski definition) is 4. The second kappa shape index (κ2) is 4.56. The van der Waals surface area contributed by atoms with Gasteiger partial charge in [-0.05, 0) is 5.92 Å². The molecule has 0 atom stereocenters. The molecule has 0 aliphatic rings. The van der Waals surface area contributed by atoms with Crippen LogP contribution >= 0.6 is 0 Å². The average molecular weight is 265 g/mol. The molecule has 0 bridgehead atoms. The first-order chi connectivity index (χ1) is 8.88. The third-order valence-electron chi connectivity index (χ3n) is 3.13. The van der Waals surface area contributed by atoms with E-state index in [1.54, 1.807) is 23.2 Å². The fourth-order valence-electron chi connectivity index (χ4n) is 2.18. The number of anilines is 1. The van der Waals surface area contributed by atoms with E-state index in [1.807, 2.05) is 13.8 Å². The summed E-state index contributed by atoms with van der Waals surface area (Å²) in [4.78, 5) is 28.8. The molecule has 0 aliphatic heterocycles. The zero-order valence-corrected chi connectivity index (χ0v) is 11.9. The van der Waals surface area contributed by atoms with Gasteiger partial charge in [0, 0.05) is 27.7 Å². The van der Waals surface area contributed by atoms with Crippen molar-refractivity contribution in [3.05, 3.63) is 20.8 Å². The summed E-state index contributed by atoms with van der Waals surface area (Å²) in [5.41, 5.74) is 0.226. The minimum absolute atomic E-state index is 0.290. The first-order valence-electron chi connectivity index (χ1n) is 6.22. The highest BCUT2D eigenvalue weighted by Crippen LogP contribution is 2.14. The molecule has 0 aromatic carbocycles. The summed E-state index contributed by atoms with van der Waals surface area (Å²) in [7, 11) is 4.98. The molecule has 7 heteroatoms. The van der Waals surface area contributed by atoms with Crippen molar-refractivity contribution >= 4 is 17.1 Å². The number of aromatic nitrogens is 4. The molecule has 0 fully saturated rings. The number of aryl methyl sites for hydroxylation is 1. The standard InChI is InChI=1S/C12H19N5O2/c1-7(2)6-17-9-8(10(18)16(5)12(17)19)15(4)11(13-3)14-9/h7H,6H2,1-5H3,(H,13,14). The summed E-state index contributed by atoms with van der Waals surface area (Å²) >= 11 is 0. The fourth-order valence-corrected chi connectivity index (χ4v) is 2.18. The third kappa shape index (κ3) is 1.94. The van der Waals surface area contributed by atoms with Crippen LogP contribution in [0, 0.1) is 5.92 Å². The topological polar surface area (TPSA) is 73.8 Å². The van der Waals surface area contributed by atoms with Gasteiger partial charge in [-0.25, -0.2) is 4.79 Å². The fraction of sp³-hybridized carbons (Fsp3) is 0.583. The van der Waals surface area contributed by atoms with Crippen molar-refractivity contribution in [3.63, 3.8) is 0 Å². The van der Waals surface area contributed by atoms with Gasteiger partial charge in [0.05, 0.1) is 0 Å². The number of rotatable bonds is 3. The van der Waals surface area contributed by atoms with E-state index >= 15 is 0 Å². The first-order valence-corrected chi connectivity index (χ1v) is 6.22. The van der Waals surface area contributed by atoms with E-state index in [2.05, 4.69) is 10.3 Å². The highest BCUT2D eigenvalue weighted by atomic mass is 16.2. The quantitative estimate of drug-likeness (QED) is 0.856. The Bertz CT molecular complexity index is 735. The molecular formula is C12H19N5O2. The molecule has 2 rings (SSSR count). The zero-order valence-electron chi connectivity index (χ0n) is 11.9. The Labute approximate surface area is 110 Å². The Morgan fingerprint density at radius 3 is 2.37 bits per heavy atom. The number of nitrogens with zero attached hydrogens (tertiary/aromatic N) is 4. The van der Waals surface area contributed by atoms with Gasteiger partial charge >= 0.3 is 5.69 Å². The van der Waals surface area contributed by atoms with Crippen LogP contribution in [0.3, 0.4) is 0 Å². The van der Waals surface area contributed by atoms with Crippen molar-refractivity contribution in [3.8, 4) is 0 Å². The summed E-state index contributed by atoms with van der Waals surface area (Å²) < 4.78 is 4.36. The van der Waals surface area contributed by atoms with Crippen LogP contribution in [0.25, 0.3) is 11.2 Å². The Hall–Kier alpha value is -2.05. The smallest absolute Gasteiger partial charge is 0.332 e. The lowest BCUT2D eigenvalue weighted by atomic mass is 10.2. The van der Waals surface area contributed by atoms with Gasteiger partial charge < -0.3 is 9.88 Å². The lowest BCUT2D eigenvalue weighted by Crippen LogP contribution is -2.39. The molecule has 104 valence electrons. The van der Waals surface area contributed by atoms with Gasteiger partial charge in [-0.15, -0.1) is 0 Å². The molecule has 2 heterocycles. The number of hydrogen-bond donors (Lipinski definition) is 1. The van der Waals surface area contributed by atoms with E-state index in [4.69, 9.17) is 0 Å². The van der Waals surface area contributed by atoms with Crippen molar-refractivity contribution in [2.24, 2.45) is 20.0 Å². The molecule has 0 spiro atoms. The van der Waals surface area contributed by atoms with Crippen molar-refractivity contribution in [2.45, 2.75) is 20.4 Å². The van der Waals surface area contributed by atoms with Crippen LogP contribution < -0.4 is 16.6 Å². The second-order valence-corrected chi connectivity index (χ2v) is 5.07. The normalized spacial score (nSPS) is 11.5. The van der Waals surface area contributed by atoms with Gasteiger partial charge in [0.15, 0.2) is 11.2 Å². The molecule has 0 aliphatic carbocycles. The Balaban J connectivity index is 2.95. The van der Waals surface area contributed by atoms with E-state index in [9.17, 15) is 9.59 Å². The van der Waals surface area contributed by atoms with Crippen LogP contribution in [0.2, 0.25) is 0 Å². The second-order valence-electron chi connectivity index (χ2n) is 5.07. The zero-order chi connectivity index (χ0) is 14.3. The van der Waals surface area contributed by atoms with Crippen LogP contribution in [-0.2, 0) is 20.6 Å². The summed E-state index contributed by atoms with van der Waals surface area (Å²) in [5, 5.41) is 2.92. The monoisotopic (exact) mass is 265 g/mol. The summed E-state index contributed by atoms with van der Waals surface area (Å²) in [5.74, 6) is 0.855. The SMILES string of the molecule is CNc1nc2c(c(=O)n(C)c(=O)n2CC(C)C)n1C.